The number of Topliss-reactive ketones (excluding diaryl/α,β-unsaturated/α-hetero) is 1. The molecule has 3 saturated heterocycles. The van der Waals surface area contributed by atoms with Crippen LogP contribution in [0.1, 0.15) is 146 Å². The van der Waals surface area contributed by atoms with Gasteiger partial charge in [-0.15, -0.1) is 29.3 Å². The number of aromatic nitrogens is 3. The third-order valence-corrected chi connectivity index (χ3v) is 33.3. The molecule has 42 heteroatoms. The van der Waals surface area contributed by atoms with Gasteiger partial charge in [0.25, 0.3) is 0 Å². The normalized spacial score (nSPS) is 22.4. The summed E-state index contributed by atoms with van der Waals surface area (Å²) in [5, 5.41) is 41.2. The van der Waals surface area contributed by atoms with Crippen LogP contribution >= 0.6 is 49.9 Å². The molecule has 13 atom stereocenters. The van der Waals surface area contributed by atoms with Crippen LogP contribution < -0.4 is 53.9 Å². The van der Waals surface area contributed by atoms with E-state index in [4.69, 9.17) is 42.4 Å². The summed E-state index contributed by atoms with van der Waals surface area (Å²) in [5.74, 6) is -7.11. The largest absolute Gasteiger partial charge is 0.499 e. The number of halogens is 2. The average molecular weight is 2130 g/mol. The fraction of sp³-hybridized carbons (Fsp3) is 0.543. The van der Waals surface area contributed by atoms with Gasteiger partial charge in [0.1, 0.15) is 33.9 Å². The standard InChI is InChI=1S/C34H43N3O8S2.C24H30N2O6S.C20H27BrN2O6.C10H16IN2O3S.C4H5BO2S/c1-6-22-17-34(22,32(41)36-47(42,43)24-9-10-24)18-28(38)27-14-21(19-37(27)31(40)25(33(2,3)4)16-30(39)44-5)20-45-23-11-12-35-26(15-23)29-8-7-13-46-29;1-24(2,3)17(12-21(27)31-4)22(28)26-13-15(10-19(26)23(29)30)14-32-16-7-8-25-18(11-16)20-6-5-9-33-20;1-20(2,3)14(9-17(24)28-4)18(25)23-10-12(7-15(23)19(26)27)11-29-13-5-6-22-16(21)8-13;1-2-7-5-10(7,6-11-12)9(14)13-17(15,16)8-3-4-8;6-5(7)4-2-1-3-8-4/h6-8,11-13,15,21-22,24-25,27H,1,9-10,14,16-20H2,2-5H3,(H,36,41);5-9,11,15,17,19H,10,12-14H2,1-4H3,(H,29,30);5-6,8,12,14-15H,7,9-11H2,1-4H3,(H,26,27);2,7-8H,1,3-6,12H2,(H,13,14);1-3,6-7H/q;;;-1;/t21-,22?,25-,27+,34-;15-,17-,19+;12-,14-,15+;7?,10-;/m1111./s1. The van der Waals surface area contributed by atoms with Crippen LogP contribution in [-0.4, -0.2) is 233 Å². The summed E-state index contributed by atoms with van der Waals surface area (Å²) in [7, 11) is -4.74. The molecule has 4 saturated carbocycles. The number of pyridine rings is 3. The maximum Gasteiger partial charge on any atom is 0.499 e. The molecule has 7 fully saturated rings. The van der Waals surface area contributed by atoms with Crippen LogP contribution in [0.15, 0.2) is 137 Å². The number of likely N-dealkylation sites (tertiary alicyclic amines) is 3. The smallest absolute Gasteiger partial charge is 0.493 e. The Kier molecular flexibility index (Phi) is 38.3. The number of nitrogens with two attached hydrogens (primary N) is 1. The van der Waals surface area contributed by atoms with E-state index in [9.17, 15) is 79.8 Å². The third kappa shape index (κ3) is 29.7. The number of carbonyl (C=O) groups is 11. The molecule has 0 aromatic carbocycles. The van der Waals surface area contributed by atoms with Crippen LogP contribution in [0.5, 0.6) is 17.2 Å². The Morgan fingerprint density at radius 3 is 1.20 bits per heavy atom. The first kappa shape index (κ1) is 109. The third-order valence-electron chi connectivity index (χ3n) is 24.7. The van der Waals surface area contributed by atoms with Crippen molar-refractivity contribution < 1.29 is 140 Å². The molecule has 6 aromatic heterocycles. The zero-order valence-electron chi connectivity index (χ0n) is 77.1. The van der Waals surface area contributed by atoms with Crippen LogP contribution in [0, 0.1) is 74.4 Å². The Morgan fingerprint density at radius 2 is 0.896 bits per heavy atom. The zero-order chi connectivity index (χ0) is 98.8. The number of hydrogen-bond acceptors (Lipinski definition) is 30. The molecule has 0 radical (unpaired) electrons. The molecule has 4 aliphatic carbocycles. The number of carboxylic acid groups (broad SMARTS) is 2. The summed E-state index contributed by atoms with van der Waals surface area (Å²) >= 11 is 7.22. The van der Waals surface area contributed by atoms with Gasteiger partial charge in [0, 0.05) is 85.4 Å². The van der Waals surface area contributed by atoms with Gasteiger partial charge in [-0.3, -0.25) is 53.0 Å². The SMILES string of the molecule is C=CC1C[C@]1(CC(=O)[C@@H]1C[C@@H](COc2ccnc(-c3cccs3)c2)CN1C(=O)[C@@H](CC(=O)OC)C(C)(C)C)C(=O)NS(=O)(=O)C1CC1.C=CC1C[C@]1(C[I-]N)C(=O)NS(=O)(=O)C1CC1.COC(=O)C[C@H](C(=O)N1C[C@H](COc2ccnc(-c3cccs3)c2)C[C@H]1C(=O)O)C(C)(C)C.COC(=O)C[C@H](C(=O)N1C[C@H](COc2ccnc(Br)c2)C[C@H]1C(=O)O)C(C)(C)C.OB(O)c1cccs1. The maximum atomic E-state index is 14.2. The molecular formula is C92H121BBrIN9O25S5-. The molecule has 0 bridgehead atoms. The first-order chi connectivity index (χ1) is 63.1. The fourth-order valence-electron chi connectivity index (χ4n) is 16.2. The minimum absolute atomic E-state index is 0.0835. The quantitative estimate of drug-likeness (QED) is 0.00303. The molecule has 732 valence electrons. The number of nitrogens with one attached hydrogen (secondary N) is 2. The summed E-state index contributed by atoms with van der Waals surface area (Å²) in [5.41, 5.74) is -1.90. The van der Waals surface area contributed by atoms with Crippen molar-refractivity contribution in [2.45, 2.75) is 174 Å². The van der Waals surface area contributed by atoms with E-state index in [1.165, 1.54) is 47.4 Å². The number of thiophene rings is 3. The van der Waals surface area contributed by atoms with Crippen molar-refractivity contribution in [2.75, 3.05) is 65.2 Å². The number of carboxylic acids is 2. The summed E-state index contributed by atoms with van der Waals surface area (Å²) in [6.45, 7) is 25.7. The van der Waals surface area contributed by atoms with Crippen molar-refractivity contribution in [3.8, 4) is 38.4 Å². The number of ketones is 1. The fourth-order valence-corrected chi connectivity index (χ4v) is 23.3. The average Bonchev–Trinajstić information content (AvgIpc) is 1.57. The van der Waals surface area contributed by atoms with Gasteiger partial charge in [-0.1, -0.05) is 92.7 Å². The zero-order valence-corrected chi connectivity index (χ0v) is 84.9. The molecule has 7 aliphatic rings. The molecule has 134 heavy (non-hydrogen) atoms. The molecule has 13 rings (SSSR count). The second-order valence-electron chi connectivity index (χ2n) is 37.6. The van der Waals surface area contributed by atoms with E-state index in [0.717, 1.165) is 21.1 Å². The molecule has 0 spiro atoms. The second-order valence-corrected chi connectivity index (χ2v) is 46.9. The van der Waals surface area contributed by atoms with Crippen LogP contribution in [-0.2, 0) is 87.0 Å². The number of amides is 5. The first-order valence-corrected chi connectivity index (χ1v) is 53.0. The number of carbonyl (C=O) groups excluding carboxylic acids is 9. The van der Waals surface area contributed by atoms with Crippen molar-refractivity contribution in [1.29, 1.82) is 0 Å². The van der Waals surface area contributed by atoms with Gasteiger partial charge in [-0.05, 0) is 123 Å². The molecule has 5 amide bonds. The van der Waals surface area contributed by atoms with E-state index in [2.05, 4.69) is 53.5 Å². The Balaban J connectivity index is 0.000000204. The van der Waals surface area contributed by atoms with Crippen molar-refractivity contribution in [3.05, 3.63) is 137 Å². The minimum atomic E-state index is -3.82. The number of nitrogens with zero attached hydrogens (tertiary/aromatic N) is 6. The molecule has 6 aromatic rings. The Bertz CT molecular complexity index is 5360. The van der Waals surface area contributed by atoms with Crippen molar-refractivity contribution in [3.63, 3.8) is 0 Å². The number of methoxy groups -OCH3 is 3. The van der Waals surface area contributed by atoms with Crippen LogP contribution in [0.25, 0.3) is 21.1 Å². The van der Waals surface area contributed by atoms with E-state index in [0.29, 0.717) is 88.8 Å². The van der Waals surface area contributed by atoms with Crippen molar-refractivity contribution >= 4 is 147 Å². The summed E-state index contributed by atoms with van der Waals surface area (Å²) < 4.78 is 92.7. The molecular weight excluding hydrogens is 2010 g/mol. The van der Waals surface area contributed by atoms with Crippen molar-refractivity contribution in [2.24, 2.45) is 78.4 Å². The molecule has 9 heterocycles. The monoisotopic (exact) mass is 2130 g/mol. The van der Waals surface area contributed by atoms with Crippen LogP contribution in [0.4, 0.5) is 0 Å². The van der Waals surface area contributed by atoms with Gasteiger partial charge >= 0.3 is 149 Å². The van der Waals surface area contributed by atoms with Gasteiger partial charge < -0.3 is 63.4 Å². The number of sulfonamides is 2. The summed E-state index contributed by atoms with van der Waals surface area (Å²) in [4.78, 5) is 159. The Morgan fingerprint density at radius 1 is 0.545 bits per heavy atom. The van der Waals surface area contributed by atoms with E-state index < -0.39 is 153 Å². The first-order valence-electron chi connectivity index (χ1n) is 43.7. The van der Waals surface area contributed by atoms with Gasteiger partial charge in [0.05, 0.1) is 116 Å². The van der Waals surface area contributed by atoms with E-state index in [1.54, 1.807) is 95.2 Å². The van der Waals surface area contributed by atoms with Crippen molar-refractivity contribution in [1.82, 2.24) is 39.1 Å². The Labute approximate surface area is 813 Å². The van der Waals surface area contributed by atoms with Gasteiger partial charge in [-0.2, -0.15) is 11.3 Å². The predicted octanol–water partition coefficient (Wildman–Crippen LogP) is 7.04. The van der Waals surface area contributed by atoms with Gasteiger partial charge in [0.15, 0.2) is 5.78 Å². The number of hydrogen-bond donors (Lipinski definition) is 7. The number of allylic oxidation sites excluding steroid dienone is 2. The molecule has 3 aliphatic heterocycles. The maximum absolute atomic E-state index is 14.2. The number of alkyl halides is 1. The molecule has 34 nitrogen and oxygen atoms in total. The Hall–Kier alpha value is -9.15. The number of aliphatic carboxylic acids is 2. The van der Waals surface area contributed by atoms with E-state index in [1.807, 2.05) is 109 Å². The van der Waals surface area contributed by atoms with Crippen LogP contribution in [0.3, 0.4) is 0 Å². The predicted molar refractivity (Wildman–Crippen MR) is 503 cm³/mol. The minimum Gasteiger partial charge on any atom is -0.493 e. The van der Waals surface area contributed by atoms with E-state index >= 15 is 0 Å². The summed E-state index contributed by atoms with van der Waals surface area (Å²) in [6, 6.07) is 19.2. The molecule has 2 unspecified atom stereocenters. The number of esters is 3. The summed E-state index contributed by atoms with van der Waals surface area (Å²) in [6.07, 6.45) is 11.8. The molecule has 8 N–H and O–H groups in total. The van der Waals surface area contributed by atoms with Gasteiger partial charge in [-0.25, -0.2) is 23.0 Å². The second kappa shape index (κ2) is 47.3. The van der Waals surface area contributed by atoms with Gasteiger partial charge in [0.2, 0.25) is 33.7 Å². The topological polar surface area (TPSA) is 491 Å². The number of ether oxygens (including phenoxy) is 6. The number of rotatable bonds is 36. The van der Waals surface area contributed by atoms with Crippen LogP contribution in [0.2, 0.25) is 0 Å². The van der Waals surface area contributed by atoms with E-state index in [-0.39, 0.29) is 129 Å².